The van der Waals surface area contributed by atoms with Crippen LogP contribution in [0.25, 0.3) is 0 Å². The van der Waals surface area contributed by atoms with Gasteiger partial charge in [-0.15, -0.1) is 0 Å². The predicted molar refractivity (Wildman–Crippen MR) is 65.8 cm³/mol. The summed E-state index contributed by atoms with van der Waals surface area (Å²) in [6.07, 6.45) is 5.48. The van der Waals surface area contributed by atoms with Gasteiger partial charge in [-0.1, -0.05) is 19.7 Å². The van der Waals surface area contributed by atoms with Gasteiger partial charge >= 0.3 is 8.32 Å². The van der Waals surface area contributed by atoms with E-state index in [0.717, 1.165) is 0 Å². The van der Waals surface area contributed by atoms with Crippen molar-refractivity contribution in [3.8, 4) is 0 Å². The van der Waals surface area contributed by atoms with E-state index in [-0.39, 0.29) is 0 Å². The fourth-order valence-electron chi connectivity index (χ4n) is 1.19. The molecule has 0 aliphatic rings. The summed E-state index contributed by atoms with van der Waals surface area (Å²) in [6.45, 7) is 13.0. The highest BCUT2D eigenvalue weighted by Gasteiger charge is 2.38. The minimum absolute atomic E-state index is 0.437. The first-order valence-corrected chi connectivity index (χ1v) is 7.59. The van der Waals surface area contributed by atoms with E-state index in [4.69, 9.17) is 18.6 Å². The van der Waals surface area contributed by atoms with Crippen LogP contribution >= 0.6 is 0 Å². The summed E-state index contributed by atoms with van der Waals surface area (Å²) in [5, 5.41) is 0. The molecule has 0 radical (unpaired) electrons. The van der Waals surface area contributed by atoms with Crippen molar-refractivity contribution in [1.29, 1.82) is 0 Å². The van der Waals surface area contributed by atoms with Gasteiger partial charge in [0, 0.05) is 6.61 Å². The second-order valence-electron chi connectivity index (χ2n) is 3.05. The molecular weight excluding hydrogens is 224 g/mol. The minimum Gasteiger partial charge on any atom is -0.502 e. The van der Waals surface area contributed by atoms with Gasteiger partial charge in [0.05, 0.1) is 18.8 Å². The molecule has 0 aromatic rings. The molecule has 4 nitrogen and oxygen atoms in total. The molecule has 0 aliphatic heterocycles. The van der Waals surface area contributed by atoms with Crippen LogP contribution in [0.15, 0.2) is 38.5 Å². The molecule has 0 saturated carbocycles. The molecule has 5 heteroatoms. The third kappa shape index (κ3) is 5.62. The molecule has 0 aliphatic carbocycles. The van der Waals surface area contributed by atoms with Crippen LogP contribution in [-0.4, -0.2) is 33.6 Å². The Bertz CT molecular complexity index is 187. The summed E-state index contributed by atoms with van der Waals surface area (Å²) < 4.78 is 21.4. The second kappa shape index (κ2) is 9.05. The Hall–Kier alpha value is -1.20. The lowest BCUT2D eigenvalue weighted by atomic mass is 10.9. The maximum Gasteiger partial charge on any atom is 0.306 e. The average Bonchev–Trinajstić information content (AvgIpc) is 2.31. The van der Waals surface area contributed by atoms with Gasteiger partial charge in [-0.3, -0.25) is 0 Å². The summed E-state index contributed by atoms with van der Waals surface area (Å²) in [4.78, 5) is 0. The van der Waals surface area contributed by atoms with Crippen molar-refractivity contribution >= 4 is 8.32 Å². The van der Waals surface area contributed by atoms with Crippen LogP contribution < -0.4 is 0 Å². The van der Waals surface area contributed by atoms with Crippen molar-refractivity contribution in [3.63, 3.8) is 0 Å². The number of rotatable bonds is 11. The fraction of sp³-hybridized carbons (Fsp3) is 0.455. The quantitative estimate of drug-likeness (QED) is 0.412. The molecule has 0 fully saturated rings. The van der Waals surface area contributed by atoms with Gasteiger partial charge in [-0.2, -0.15) is 0 Å². The van der Waals surface area contributed by atoms with Crippen LogP contribution in [-0.2, 0) is 18.6 Å². The predicted octanol–water partition coefficient (Wildman–Crippen LogP) is 2.07. The molecule has 0 bridgehead atoms. The van der Waals surface area contributed by atoms with E-state index in [0.29, 0.717) is 25.3 Å². The summed E-state index contributed by atoms with van der Waals surface area (Å²) in [6, 6.07) is 0. The summed E-state index contributed by atoms with van der Waals surface area (Å²) in [5.74, 6) is 0. The standard InChI is InChI=1S/C11H20O4Si/c1-5-12-9-16(15-8-4,10-13-6-2)11-14-7-3/h5-7H,1-3,8-11H2,4H3. The summed E-state index contributed by atoms with van der Waals surface area (Å²) in [7, 11) is -2.24. The van der Waals surface area contributed by atoms with E-state index in [2.05, 4.69) is 19.7 Å². The smallest absolute Gasteiger partial charge is 0.306 e. The maximum atomic E-state index is 5.76. The highest BCUT2D eigenvalue weighted by Crippen LogP contribution is 2.09. The Balaban J connectivity index is 4.48. The first-order chi connectivity index (χ1) is 7.74. The third-order valence-electron chi connectivity index (χ3n) is 1.84. The van der Waals surface area contributed by atoms with Gasteiger partial charge in [0.1, 0.15) is 18.7 Å². The molecule has 0 amide bonds. The minimum atomic E-state index is -2.24. The normalized spacial score (nSPS) is 10.3. The zero-order valence-corrected chi connectivity index (χ0v) is 10.8. The van der Waals surface area contributed by atoms with Gasteiger partial charge in [-0.05, 0) is 6.92 Å². The Labute approximate surface area is 98.3 Å². The van der Waals surface area contributed by atoms with Crippen molar-refractivity contribution in [1.82, 2.24) is 0 Å². The van der Waals surface area contributed by atoms with Crippen LogP contribution in [0.2, 0.25) is 0 Å². The van der Waals surface area contributed by atoms with E-state index >= 15 is 0 Å². The van der Waals surface area contributed by atoms with E-state index < -0.39 is 8.32 Å². The van der Waals surface area contributed by atoms with Gasteiger partial charge in [0.2, 0.25) is 0 Å². The number of hydrogen-bond acceptors (Lipinski definition) is 4. The van der Waals surface area contributed by atoms with Crippen molar-refractivity contribution in [2.75, 3.05) is 25.3 Å². The molecule has 0 unspecified atom stereocenters. The molecule has 0 atom stereocenters. The monoisotopic (exact) mass is 244 g/mol. The fourth-order valence-corrected chi connectivity index (χ4v) is 3.57. The van der Waals surface area contributed by atoms with Gasteiger partial charge in [0.25, 0.3) is 0 Å². The molecule has 0 aromatic heterocycles. The first kappa shape index (κ1) is 14.8. The lowest BCUT2D eigenvalue weighted by Gasteiger charge is -2.28. The number of hydrogen-bond donors (Lipinski definition) is 0. The van der Waals surface area contributed by atoms with Gasteiger partial charge in [0.15, 0.2) is 0 Å². The highest BCUT2D eigenvalue weighted by atomic mass is 28.4. The maximum absolute atomic E-state index is 5.76. The van der Waals surface area contributed by atoms with Crippen LogP contribution in [0.1, 0.15) is 6.92 Å². The zero-order chi connectivity index (χ0) is 12.3. The van der Waals surface area contributed by atoms with E-state index in [1.807, 2.05) is 6.92 Å². The largest absolute Gasteiger partial charge is 0.502 e. The molecule has 0 saturated heterocycles. The van der Waals surface area contributed by atoms with Gasteiger partial charge in [-0.25, -0.2) is 0 Å². The van der Waals surface area contributed by atoms with Crippen LogP contribution in [0.4, 0.5) is 0 Å². The molecular formula is C11H20O4Si. The lowest BCUT2D eigenvalue weighted by molar-refractivity contribution is 0.176. The highest BCUT2D eigenvalue weighted by molar-refractivity contribution is 6.73. The zero-order valence-electron chi connectivity index (χ0n) is 9.81. The average molecular weight is 244 g/mol. The lowest BCUT2D eigenvalue weighted by Crippen LogP contribution is -2.53. The van der Waals surface area contributed by atoms with Crippen molar-refractivity contribution in [2.24, 2.45) is 0 Å². The van der Waals surface area contributed by atoms with Crippen molar-refractivity contribution < 1.29 is 18.6 Å². The Morgan fingerprint density at radius 2 is 1.25 bits per heavy atom. The Morgan fingerprint density at radius 1 is 0.875 bits per heavy atom. The summed E-state index contributed by atoms with van der Waals surface area (Å²) in [5.41, 5.74) is 0. The van der Waals surface area contributed by atoms with Crippen LogP contribution in [0.3, 0.4) is 0 Å². The molecule has 16 heavy (non-hydrogen) atoms. The molecule has 0 N–H and O–H groups in total. The summed E-state index contributed by atoms with van der Waals surface area (Å²) >= 11 is 0. The molecule has 0 heterocycles. The van der Waals surface area contributed by atoms with E-state index in [9.17, 15) is 0 Å². The topological polar surface area (TPSA) is 36.9 Å². The third-order valence-corrected chi connectivity index (χ3v) is 4.82. The molecule has 0 spiro atoms. The van der Waals surface area contributed by atoms with Crippen molar-refractivity contribution in [2.45, 2.75) is 6.92 Å². The second-order valence-corrected chi connectivity index (χ2v) is 6.57. The number of ether oxygens (including phenoxy) is 3. The van der Waals surface area contributed by atoms with Crippen LogP contribution in [0.5, 0.6) is 0 Å². The Kier molecular flexibility index (Phi) is 8.37. The van der Waals surface area contributed by atoms with Crippen LogP contribution in [0, 0.1) is 0 Å². The van der Waals surface area contributed by atoms with Crippen molar-refractivity contribution in [3.05, 3.63) is 38.5 Å². The van der Waals surface area contributed by atoms with E-state index in [1.165, 1.54) is 18.8 Å². The van der Waals surface area contributed by atoms with E-state index in [1.54, 1.807) is 0 Å². The Morgan fingerprint density at radius 3 is 1.50 bits per heavy atom. The molecule has 92 valence electrons. The molecule has 0 aromatic carbocycles. The first-order valence-electron chi connectivity index (χ1n) is 5.06. The molecule has 0 rings (SSSR count). The van der Waals surface area contributed by atoms with Gasteiger partial charge < -0.3 is 18.6 Å². The SMILES string of the molecule is C=COC[Si](COC=C)(COC=C)OCC.